The van der Waals surface area contributed by atoms with Crippen LogP contribution in [0.2, 0.25) is 0 Å². The number of amides is 1. The number of hydrogen-bond donors (Lipinski definition) is 1. The van der Waals surface area contributed by atoms with E-state index in [1.54, 1.807) is 34.6 Å². The highest BCUT2D eigenvalue weighted by Crippen LogP contribution is 2.36. The molecule has 1 unspecified atom stereocenters. The molecule has 1 aliphatic heterocycles. The van der Waals surface area contributed by atoms with Gasteiger partial charge >= 0.3 is 0 Å². The molecule has 1 aliphatic rings. The smallest absolute Gasteiger partial charge is 0.257 e. The third kappa shape index (κ3) is 6.05. The summed E-state index contributed by atoms with van der Waals surface area (Å²) in [6.07, 6.45) is 2.48. The molecule has 0 bridgehead atoms. The highest BCUT2D eigenvalue weighted by molar-refractivity contribution is 7.79. The monoisotopic (exact) mass is 577 g/mol. The lowest BCUT2D eigenvalue weighted by molar-refractivity contribution is -0.134. The maximum Gasteiger partial charge on any atom is 0.257 e. The van der Waals surface area contributed by atoms with E-state index in [1.807, 2.05) is 31.2 Å². The van der Waals surface area contributed by atoms with Crippen molar-refractivity contribution in [1.82, 2.24) is 14.5 Å². The van der Waals surface area contributed by atoms with E-state index in [0.29, 0.717) is 77.2 Å². The van der Waals surface area contributed by atoms with Crippen molar-refractivity contribution in [3.63, 3.8) is 0 Å². The van der Waals surface area contributed by atoms with E-state index in [9.17, 15) is 18.4 Å². The fourth-order valence-corrected chi connectivity index (χ4v) is 5.95. The fourth-order valence-electron chi connectivity index (χ4n) is 5.39. The zero-order valence-electron chi connectivity index (χ0n) is 23.6. The molecule has 9 nitrogen and oxygen atoms in total. The number of fused-ring (bicyclic) bond motifs is 1. The standard InChI is InChI=1S/C31H35N3O6S/c1-4-5-10-28-32-21(3)25(18-29(35)33-13-15-39-16-14-33)31(36)34(28)19-22-11-12-24(30-26(22)17-20(2)40-30)23-8-6-7-9-27(23)41(37)38/h6-9,11-12,17H,4-5,10,13-16,18-19H2,1-3H3,(H,37,38). The number of nitrogens with zero attached hydrogens (tertiary/aromatic N) is 3. The van der Waals surface area contributed by atoms with Gasteiger partial charge in [0.15, 0.2) is 11.1 Å². The quantitative estimate of drug-likeness (QED) is 0.288. The molecule has 0 spiro atoms. The summed E-state index contributed by atoms with van der Waals surface area (Å²) < 4.78 is 35.1. The number of carbonyl (C=O) groups excluding carboxylic acids is 1. The van der Waals surface area contributed by atoms with Gasteiger partial charge in [-0.1, -0.05) is 43.7 Å². The van der Waals surface area contributed by atoms with Crippen molar-refractivity contribution in [3.8, 4) is 11.1 Å². The van der Waals surface area contributed by atoms with Crippen molar-refractivity contribution in [2.24, 2.45) is 0 Å². The molecular formula is C31H35N3O6S. The number of aryl methyl sites for hydroxylation is 3. The topological polar surface area (TPSA) is 115 Å². The lowest BCUT2D eigenvalue weighted by Gasteiger charge is -2.27. The summed E-state index contributed by atoms with van der Waals surface area (Å²) in [7, 11) is 0. The first-order valence-electron chi connectivity index (χ1n) is 14.0. The SMILES string of the molecule is CCCCc1nc(C)c(CC(=O)N2CCOCC2)c(=O)n1Cc1ccc(-c2ccccc2S(=O)O)c2oc(C)cc12. The average molecular weight is 578 g/mol. The van der Waals surface area contributed by atoms with Crippen LogP contribution in [-0.4, -0.2) is 55.4 Å². The number of hydrogen-bond acceptors (Lipinski definition) is 6. The van der Waals surface area contributed by atoms with Crippen LogP contribution in [0.15, 0.2) is 56.6 Å². The predicted molar refractivity (Wildman–Crippen MR) is 157 cm³/mol. The van der Waals surface area contributed by atoms with Crippen LogP contribution in [0.25, 0.3) is 22.1 Å². The first-order chi connectivity index (χ1) is 19.8. The normalized spacial score (nSPS) is 14.5. The number of carbonyl (C=O) groups is 1. The van der Waals surface area contributed by atoms with E-state index in [2.05, 4.69) is 6.92 Å². The second-order valence-electron chi connectivity index (χ2n) is 10.4. The number of benzene rings is 2. The number of ether oxygens (including phenoxy) is 1. The van der Waals surface area contributed by atoms with Crippen molar-refractivity contribution in [2.45, 2.75) is 57.9 Å². The molecule has 2 aromatic carbocycles. The molecule has 216 valence electrons. The van der Waals surface area contributed by atoms with Gasteiger partial charge < -0.3 is 18.6 Å². The van der Waals surface area contributed by atoms with Crippen molar-refractivity contribution < 1.29 is 22.7 Å². The van der Waals surface area contributed by atoms with Gasteiger partial charge in [-0.05, 0) is 38.0 Å². The molecule has 3 heterocycles. The van der Waals surface area contributed by atoms with E-state index >= 15 is 0 Å². The van der Waals surface area contributed by atoms with Crippen LogP contribution in [0, 0.1) is 13.8 Å². The maximum absolute atomic E-state index is 14.0. The van der Waals surface area contributed by atoms with Crippen LogP contribution in [0.4, 0.5) is 0 Å². The molecule has 41 heavy (non-hydrogen) atoms. The Morgan fingerprint density at radius 3 is 2.59 bits per heavy atom. The van der Waals surface area contributed by atoms with E-state index < -0.39 is 11.1 Å². The molecule has 4 aromatic rings. The Labute approximate surface area is 241 Å². The van der Waals surface area contributed by atoms with E-state index in [0.717, 1.165) is 23.8 Å². The lowest BCUT2D eigenvalue weighted by atomic mass is 9.99. The van der Waals surface area contributed by atoms with E-state index in [1.165, 1.54) is 0 Å². The van der Waals surface area contributed by atoms with Gasteiger partial charge in [0.05, 0.1) is 31.1 Å². The molecule has 1 saturated heterocycles. The van der Waals surface area contributed by atoms with Gasteiger partial charge in [0, 0.05) is 47.3 Å². The second kappa shape index (κ2) is 12.5. The Morgan fingerprint density at radius 2 is 1.85 bits per heavy atom. The highest BCUT2D eigenvalue weighted by Gasteiger charge is 2.23. The van der Waals surface area contributed by atoms with Crippen LogP contribution >= 0.6 is 0 Å². The molecule has 10 heteroatoms. The van der Waals surface area contributed by atoms with Crippen molar-refractivity contribution >= 4 is 28.0 Å². The van der Waals surface area contributed by atoms with Crippen LogP contribution < -0.4 is 5.56 Å². The van der Waals surface area contributed by atoms with Crippen molar-refractivity contribution in [3.05, 3.63) is 81.2 Å². The van der Waals surface area contributed by atoms with Gasteiger partial charge in [0.25, 0.3) is 5.56 Å². The molecule has 1 atom stereocenters. The van der Waals surface area contributed by atoms with Gasteiger partial charge in [-0.15, -0.1) is 0 Å². The molecule has 0 aliphatic carbocycles. The van der Waals surface area contributed by atoms with Gasteiger partial charge in [-0.25, -0.2) is 9.19 Å². The Hall–Kier alpha value is -3.60. The highest BCUT2D eigenvalue weighted by atomic mass is 32.2. The fraction of sp³-hybridized carbons (Fsp3) is 0.387. The number of unbranched alkanes of at least 4 members (excludes halogenated alkanes) is 1. The predicted octanol–water partition coefficient (Wildman–Crippen LogP) is 4.65. The van der Waals surface area contributed by atoms with E-state index in [-0.39, 0.29) is 24.4 Å². The van der Waals surface area contributed by atoms with Crippen molar-refractivity contribution in [1.29, 1.82) is 0 Å². The molecule has 2 aromatic heterocycles. The summed E-state index contributed by atoms with van der Waals surface area (Å²) in [6, 6.07) is 12.7. The molecule has 5 rings (SSSR count). The summed E-state index contributed by atoms with van der Waals surface area (Å²) in [5, 5.41) is 0.818. The largest absolute Gasteiger partial charge is 0.461 e. The number of furan rings is 1. The first-order valence-corrected chi connectivity index (χ1v) is 15.1. The Kier molecular flexibility index (Phi) is 8.82. The minimum Gasteiger partial charge on any atom is -0.461 e. The summed E-state index contributed by atoms with van der Waals surface area (Å²) in [5.41, 5.74) is 3.56. The van der Waals surface area contributed by atoms with Gasteiger partial charge in [0.1, 0.15) is 17.2 Å². The Morgan fingerprint density at radius 1 is 1.10 bits per heavy atom. The van der Waals surface area contributed by atoms with Gasteiger partial charge in [0.2, 0.25) is 5.91 Å². The minimum atomic E-state index is -2.17. The first kappa shape index (κ1) is 28.9. The molecule has 0 saturated carbocycles. The molecule has 1 amide bonds. The summed E-state index contributed by atoms with van der Waals surface area (Å²) in [6.45, 7) is 8.04. The third-order valence-electron chi connectivity index (χ3n) is 7.58. The maximum atomic E-state index is 14.0. The summed E-state index contributed by atoms with van der Waals surface area (Å²) in [4.78, 5) is 33.9. The van der Waals surface area contributed by atoms with Crippen LogP contribution in [-0.2, 0) is 40.0 Å². The zero-order chi connectivity index (χ0) is 29.1. The summed E-state index contributed by atoms with van der Waals surface area (Å²) in [5.74, 6) is 1.28. The number of aromatic nitrogens is 2. The van der Waals surface area contributed by atoms with Crippen LogP contribution in [0.3, 0.4) is 0 Å². The van der Waals surface area contributed by atoms with Crippen LogP contribution in [0.5, 0.6) is 0 Å². The van der Waals surface area contributed by atoms with Crippen molar-refractivity contribution in [2.75, 3.05) is 26.3 Å². The molecule has 1 N–H and O–H groups in total. The van der Waals surface area contributed by atoms with E-state index in [4.69, 9.17) is 14.1 Å². The van der Waals surface area contributed by atoms with Gasteiger partial charge in [-0.3, -0.25) is 14.2 Å². The minimum absolute atomic E-state index is 0.0000248. The average Bonchev–Trinajstić information content (AvgIpc) is 3.37. The zero-order valence-corrected chi connectivity index (χ0v) is 24.5. The Bertz CT molecular complexity index is 1670. The molecule has 0 radical (unpaired) electrons. The lowest BCUT2D eigenvalue weighted by Crippen LogP contribution is -2.42. The number of morpholine rings is 1. The Balaban J connectivity index is 1.58. The summed E-state index contributed by atoms with van der Waals surface area (Å²) >= 11 is -2.17. The third-order valence-corrected chi connectivity index (χ3v) is 8.32. The number of rotatable bonds is 9. The molecular weight excluding hydrogens is 542 g/mol. The molecule has 1 fully saturated rings. The van der Waals surface area contributed by atoms with Crippen LogP contribution in [0.1, 0.15) is 48.2 Å². The van der Waals surface area contributed by atoms with Gasteiger partial charge in [-0.2, -0.15) is 0 Å². The second-order valence-corrected chi connectivity index (χ2v) is 11.3.